The predicted octanol–water partition coefficient (Wildman–Crippen LogP) is 1.43. The van der Waals surface area contributed by atoms with Crippen molar-refractivity contribution >= 4 is 58.9 Å². The molecule has 11 heteroatoms. The van der Waals surface area contributed by atoms with Crippen LogP contribution in [0.15, 0.2) is 14.1 Å². The van der Waals surface area contributed by atoms with Crippen LogP contribution >= 0.6 is 38.9 Å². The van der Waals surface area contributed by atoms with Crippen molar-refractivity contribution in [3.05, 3.63) is 14.9 Å². The monoisotopic (exact) mass is 422 g/mol. The van der Waals surface area contributed by atoms with E-state index in [1.54, 1.807) is 0 Å². The summed E-state index contributed by atoms with van der Waals surface area (Å²) in [6.07, 6.45) is 1.12. The molecule has 2 heterocycles. The minimum atomic E-state index is -3.62. The molecule has 1 aliphatic heterocycles. The summed E-state index contributed by atoms with van der Waals surface area (Å²) in [7, 11) is -6.89. The summed E-state index contributed by atoms with van der Waals surface area (Å²) < 4.78 is 50.9. The van der Waals surface area contributed by atoms with Gasteiger partial charge in [-0.2, -0.15) is 8.61 Å². The van der Waals surface area contributed by atoms with E-state index in [4.69, 9.17) is 11.6 Å². The van der Waals surface area contributed by atoms with Gasteiger partial charge in [0.25, 0.3) is 10.0 Å². The van der Waals surface area contributed by atoms with E-state index in [2.05, 4.69) is 15.9 Å². The minimum absolute atomic E-state index is 0.141. The first kappa shape index (κ1) is 16.7. The number of rotatable bonds is 3. The standard InChI is InChI=1S/C9H12BrClN2O4S3/c1-19(14,15)12-2-4-13(5-3-12)20(16,17)8-6-7(11)9(10)18-8/h6H,2-5H2,1H3. The molecular formula is C9H12BrClN2O4S3. The maximum atomic E-state index is 12.4. The zero-order valence-electron chi connectivity index (χ0n) is 10.4. The van der Waals surface area contributed by atoms with Crippen LogP contribution in [0.4, 0.5) is 0 Å². The number of halogens is 2. The highest BCUT2D eigenvalue weighted by Gasteiger charge is 2.32. The molecular weight excluding hydrogens is 412 g/mol. The van der Waals surface area contributed by atoms with Gasteiger partial charge in [-0.15, -0.1) is 11.3 Å². The van der Waals surface area contributed by atoms with Gasteiger partial charge in [0, 0.05) is 26.2 Å². The Hall–Kier alpha value is 0.290. The highest BCUT2D eigenvalue weighted by molar-refractivity contribution is 9.11. The topological polar surface area (TPSA) is 74.8 Å². The van der Waals surface area contributed by atoms with Gasteiger partial charge in [-0.05, 0) is 22.0 Å². The molecule has 0 unspecified atom stereocenters. The summed E-state index contributed by atoms with van der Waals surface area (Å²) >= 11 is 10.1. The maximum Gasteiger partial charge on any atom is 0.252 e. The van der Waals surface area contributed by atoms with E-state index in [-0.39, 0.29) is 30.4 Å². The molecule has 0 aromatic carbocycles. The Morgan fingerprint density at radius 2 is 1.65 bits per heavy atom. The lowest BCUT2D eigenvalue weighted by atomic mass is 10.4. The van der Waals surface area contributed by atoms with Crippen LogP contribution in [0, 0.1) is 0 Å². The zero-order valence-corrected chi connectivity index (χ0v) is 15.2. The molecule has 0 bridgehead atoms. The molecule has 0 amide bonds. The molecule has 0 N–H and O–H groups in total. The largest absolute Gasteiger partial charge is 0.252 e. The van der Waals surface area contributed by atoms with Gasteiger partial charge < -0.3 is 0 Å². The highest BCUT2D eigenvalue weighted by Crippen LogP contribution is 2.36. The van der Waals surface area contributed by atoms with Crippen LogP contribution in [0.2, 0.25) is 5.02 Å². The minimum Gasteiger partial charge on any atom is -0.213 e. The van der Waals surface area contributed by atoms with E-state index in [1.165, 1.54) is 14.7 Å². The van der Waals surface area contributed by atoms with Gasteiger partial charge in [0.05, 0.1) is 15.1 Å². The Balaban J connectivity index is 2.17. The maximum absolute atomic E-state index is 12.4. The van der Waals surface area contributed by atoms with Gasteiger partial charge in [-0.25, -0.2) is 16.8 Å². The molecule has 2 rings (SSSR count). The van der Waals surface area contributed by atoms with Crippen LogP contribution in [0.3, 0.4) is 0 Å². The van der Waals surface area contributed by atoms with E-state index >= 15 is 0 Å². The number of hydrogen-bond donors (Lipinski definition) is 0. The highest BCUT2D eigenvalue weighted by atomic mass is 79.9. The second-order valence-electron chi connectivity index (χ2n) is 4.25. The van der Waals surface area contributed by atoms with Crippen molar-refractivity contribution < 1.29 is 16.8 Å². The van der Waals surface area contributed by atoms with E-state index < -0.39 is 20.0 Å². The summed E-state index contributed by atoms with van der Waals surface area (Å²) in [6, 6.07) is 1.40. The summed E-state index contributed by atoms with van der Waals surface area (Å²) in [5.41, 5.74) is 0. The SMILES string of the molecule is CS(=O)(=O)N1CCN(S(=O)(=O)c2cc(Cl)c(Br)s2)CC1. The number of sulfonamides is 2. The summed E-state index contributed by atoms with van der Waals surface area (Å²) in [6.45, 7) is 0.613. The fourth-order valence-corrected chi connectivity index (χ4v) is 6.63. The lowest BCUT2D eigenvalue weighted by molar-refractivity contribution is 0.274. The van der Waals surface area contributed by atoms with Crippen molar-refractivity contribution in [2.75, 3.05) is 32.4 Å². The zero-order chi connectivity index (χ0) is 15.1. The van der Waals surface area contributed by atoms with Crippen LogP contribution in [-0.4, -0.2) is 57.9 Å². The molecule has 1 aliphatic rings. The van der Waals surface area contributed by atoms with Crippen molar-refractivity contribution in [1.29, 1.82) is 0 Å². The second-order valence-corrected chi connectivity index (χ2v) is 11.2. The smallest absolute Gasteiger partial charge is 0.213 e. The third-order valence-corrected chi connectivity index (χ3v) is 9.01. The van der Waals surface area contributed by atoms with Crippen LogP contribution in [0.1, 0.15) is 0 Å². The summed E-state index contributed by atoms with van der Waals surface area (Å²) in [5, 5.41) is 0.350. The average molecular weight is 424 g/mol. The van der Waals surface area contributed by atoms with Crippen molar-refractivity contribution in [3.8, 4) is 0 Å². The van der Waals surface area contributed by atoms with E-state index in [1.807, 2.05) is 0 Å². The lowest BCUT2D eigenvalue weighted by Gasteiger charge is -2.32. The van der Waals surface area contributed by atoms with Crippen LogP contribution in [0.25, 0.3) is 0 Å². The molecule has 1 fully saturated rings. The quantitative estimate of drug-likeness (QED) is 0.737. The summed E-state index contributed by atoms with van der Waals surface area (Å²) in [5.74, 6) is 0. The van der Waals surface area contributed by atoms with Crippen LogP contribution in [0.5, 0.6) is 0 Å². The third kappa shape index (κ3) is 3.37. The number of nitrogens with zero attached hydrogens (tertiary/aromatic N) is 2. The molecule has 0 radical (unpaired) electrons. The fourth-order valence-electron chi connectivity index (χ4n) is 1.82. The molecule has 20 heavy (non-hydrogen) atoms. The van der Waals surface area contributed by atoms with Gasteiger partial charge in [0.2, 0.25) is 10.0 Å². The van der Waals surface area contributed by atoms with Gasteiger partial charge >= 0.3 is 0 Å². The predicted molar refractivity (Wildman–Crippen MR) is 82.2 cm³/mol. The number of thiophene rings is 1. The molecule has 0 saturated carbocycles. The first-order chi connectivity index (χ1) is 9.12. The first-order valence-corrected chi connectivity index (χ1v) is 10.8. The van der Waals surface area contributed by atoms with E-state index in [0.29, 0.717) is 8.81 Å². The lowest BCUT2D eigenvalue weighted by Crippen LogP contribution is -2.50. The average Bonchev–Trinajstić information content (AvgIpc) is 2.69. The second kappa shape index (κ2) is 5.82. The van der Waals surface area contributed by atoms with E-state index in [0.717, 1.165) is 17.6 Å². The fraction of sp³-hybridized carbons (Fsp3) is 0.556. The van der Waals surface area contributed by atoms with Gasteiger partial charge in [0.15, 0.2) is 0 Å². The van der Waals surface area contributed by atoms with Crippen molar-refractivity contribution in [1.82, 2.24) is 8.61 Å². The molecule has 0 atom stereocenters. The molecule has 6 nitrogen and oxygen atoms in total. The number of hydrogen-bond acceptors (Lipinski definition) is 5. The van der Waals surface area contributed by atoms with E-state index in [9.17, 15) is 16.8 Å². The Morgan fingerprint density at radius 3 is 2.05 bits per heavy atom. The Bertz CT molecular complexity index is 688. The molecule has 114 valence electrons. The van der Waals surface area contributed by atoms with Crippen molar-refractivity contribution in [2.45, 2.75) is 4.21 Å². The van der Waals surface area contributed by atoms with Gasteiger partial charge in [-0.1, -0.05) is 11.6 Å². The van der Waals surface area contributed by atoms with Crippen LogP contribution in [-0.2, 0) is 20.0 Å². The molecule has 1 aromatic heterocycles. The molecule has 0 aliphatic carbocycles. The molecule has 1 aromatic rings. The molecule has 1 saturated heterocycles. The normalized spacial score (nSPS) is 19.4. The molecule has 0 spiro atoms. The Labute approximate surface area is 135 Å². The first-order valence-electron chi connectivity index (χ1n) is 5.52. The Kier molecular flexibility index (Phi) is 4.85. The van der Waals surface area contributed by atoms with Gasteiger partial charge in [-0.3, -0.25) is 0 Å². The van der Waals surface area contributed by atoms with Crippen LogP contribution < -0.4 is 0 Å². The van der Waals surface area contributed by atoms with Crippen molar-refractivity contribution in [2.24, 2.45) is 0 Å². The number of piperazine rings is 1. The third-order valence-electron chi connectivity index (χ3n) is 2.88. The summed E-state index contributed by atoms with van der Waals surface area (Å²) in [4.78, 5) is 0. The van der Waals surface area contributed by atoms with Gasteiger partial charge in [0.1, 0.15) is 4.21 Å². The van der Waals surface area contributed by atoms with Crippen molar-refractivity contribution in [3.63, 3.8) is 0 Å². The Morgan fingerprint density at radius 1 is 1.15 bits per heavy atom.